The SMILES string of the molecule is CC1=CCC(c2[c-]c3c(cc2)-c2ccccc2C3)=C1.[Cl-].[Cl-].[Zr+3]. The van der Waals surface area contributed by atoms with Crippen molar-refractivity contribution in [3.05, 3.63) is 76.9 Å². The molecule has 4 rings (SSSR count). The zero-order chi connectivity index (χ0) is 12.8. The second-order valence-electron chi connectivity index (χ2n) is 5.42. The van der Waals surface area contributed by atoms with Crippen LogP contribution in [-0.2, 0) is 32.6 Å². The summed E-state index contributed by atoms with van der Waals surface area (Å²) < 4.78 is 0. The fourth-order valence-corrected chi connectivity index (χ4v) is 3.10. The first kappa shape index (κ1) is 19.4. The van der Waals surface area contributed by atoms with Gasteiger partial charge in [-0.3, -0.25) is 0 Å². The van der Waals surface area contributed by atoms with E-state index in [1.807, 2.05) is 0 Å². The van der Waals surface area contributed by atoms with Crippen LogP contribution in [0.25, 0.3) is 16.7 Å². The van der Waals surface area contributed by atoms with Crippen LogP contribution in [0, 0.1) is 6.07 Å². The number of benzene rings is 2. The van der Waals surface area contributed by atoms with Gasteiger partial charge in [0.25, 0.3) is 0 Å². The Morgan fingerprint density at radius 2 is 1.73 bits per heavy atom. The molecule has 0 atom stereocenters. The Bertz CT molecular complexity index is 745. The number of hydrogen-bond acceptors (Lipinski definition) is 0. The third-order valence-electron chi connectivity index (χ3n) is 4.09. The van der Waals surface area contributed by atoms with Gasteiger partial charge < -0.3 is 24.8 Å². The van der Waals surface area contributed by atoms with Gasteiger partial charge in [0, 0.05) is 0 Å². The molecular formula is C19H15Cl2Zr. The largest absolute Gasteiger partial charge is 3.00 e. The predicted molar refractivity (Wildman–Crippen MR) is 79.9 cm³/mol. The quantitative estimate of drug-likeness (QED) is 0.446. The van der Waals surface area contributed by atoms with Crippen LogP contribution in [-0.4, -0.2) is 0 Å². The van der Waals surface area contributed by atoms with Gasteiger partial charge in [0.2, 0.25) is 0 Å². The Hall–Kier alpha value is -0.617. The number of allylic oxidation sites excluding steroid dienone is 4. The van der Waals surface area contributed by atoms with Crippen molar-refractivity contribution in [1.82, 2.24) is 0 Å². The van der Waals surface area contributed by atoms with Crippen molar-refractivity contribution in [3.63, 3.8) is 0 Å². The minimum Gasteiger partial charge on any atom is -1.00 e. The monoisotopic (exact) mass is 403 g/mol. The molecule has 0 N–H and O–H groups in total. The summed E-state index contributed by atoms with van der Waals surface area (Å²) in [6.07, 6.45) is 6.64. The molecule has 0 unspecified atom stereocenters. The normalized spacial score (nSPS) is 13.7. The molecule has 109 valence electrons. The molecule has 0 saturated carbocycles. The Kier molecular flexibility index (Phi) is 6.87. The van der Waals surface area contributed by atoms with Crippen molar-refractivity contribution in [1.29, 1.82) is 0 Å². The van der Waals surface area contributed by atoms with Crippen LogP contribution in [0.3, 0.4) is 0 Å². The van der Waals surface area contributed by atoms with Crippen LogP contribution < -0.4 is 24.8 Å². The molecule has 3 heteroatoms. The van der Waals surface area contributed by atoms with E-state index in [9.17, 15) is 0 Å². The maximum Gasteiger partial charge on any atom is 3.00 e. The summed E-state index contributed by atoms with van der Waals surface area (Å²) in [6, 6.07) is 16.8. The van der Waals surface area contributed by atoms with Gasteiger partial charge in [-0.2, -0.15) is 0 Å². The molecule has 1 radical (unpaired) electrons. The zero-order valence-electron chi connectivity index (χ0n) is 12.3. The standard InChI is InChI=1S/C19H15.2ClH.Zr/c1-13-6-7-14(10-13)15-8-9-19-17(11-15)12-16-4-2-3-5-18(16)19;;;/h2-6,8-10H,7,12H2,1H3;2*1H;/q-1;;;+3/p-2. The van der Waals surface area contributed by atoms with Gasteiger partial charge in [-0.15, -0.1) is 34.9 Å². The van der Waals surface area contributed by atoms with Gasteiger partial charge in [-0.05, 0) is 25.3 Å². The van der Waals surface area contributed by atoms with Gasteiger partial charge >= 0.3 is 26.2 Å². The van der Waals surface area contributed by atoms with Crippen molar-refractivity contribution >= 4 is 5.57 Å². The van der Waals surface area contributed by atoms with Gasteiger partial charge in [0.05, 0.1) is 0 Å². The summed E-state index contributed by atoms with van der Waals surface area (Å²) in [5, 5.41) is 0. The van der Waals surface area contributed by atoms with Crippen molar-refractivity contribution in [2.75, 3.05) is 0 Å². The van der Waals surface area contributed by atoms with Crippen LogP contribution >= 0.6 is 0 Å². The molecule has 0 nitrogen and oxygen atoms in total. The Morgan fingerprint density at radius 1 is 0.955 bits per heavy atom. The Labute approximate surface area is 163 Å². The molecule has 0 heterocycles. The summed E-state index contributed by atoms with van der Waals surface area (Å²) in [7, 11) is 0. The van der Waals surface area contributed by atoms with Crippen LogP contribution in [0.15, 0.2) is 54.1 Å². The Balaban J connectivity index is 0.000000807. The third kappa shape index (κ3) is 3.33. The Morgan fingerprint density at radius 3 is 2.45 bits per heavy atom. The molecule has 0 aromatic heterocycles. The second kappa shape index (κ2) is 7.78. The summed E-state index contributed by atoms with van der Waals surface area (Å²) in [5.74, 6) is 0. The van der Waals surface area contributed by atoms with E-state index >= 15 is 0 Å². The van der Waals surface area contributed by atoms with Gasteiger partial charge in [-0.1, -0.05) is 53.1 Å². The van der Waals surface area contributed by atoms with E-state index in [-0.39, 0.29) is 51.0 Å². The summed E-state index contributed by atoms with van der Waals surface area (Å²) in [6.45, 7) is 2.16. The van der Waals surface area contributed by atoms with E-state index in [4.69, 9.17) is 0 Å². The zero-order valence-corrected chi connectivity index (χ0v) is 16.3. The van der Waals surface area contributed by atoms with Crippen molar-refractivity contribution in [3.8, 4) is 11.1 Å². The molecule has 22 heavy (non-hydrogen) atoms. The van der Waals surface area contributed by atoms with Gasteiger partial charge in [0.15, 0.2) is 0 Å². The minimum atomic E-state index is 0. The average molecular weight is 405 g/mol. The van der Waals surface area contributed by atoms with Gasteiger partial charge in [-0.25, -0.2) is 0 Å². The summed E-state index contributed by atoms with van der Waals surface area (Å²) in [5.41, 5.74) is 9.56. The number of rotatable bonds is 1. The first-order valence-corrected chi connectivity index (χ1v) is 6.82. The molecule has 2 aliphatic carbocycles. The van der Waals surface area contributed by atoms with Crippen LogP contribution in [0.4, 0.5) is 0 Å². The molecule has 0 fully saturated rings. The van der Waals surface area contributed by atoms with Crippen molar-refractivity contribution < 1.29 is 51.0 Å². The first-order valence-electron chi connectivity index (χ1n) is 6.82. The number of fused-ring (bicyclic) bond motifs is 3. The molecule has 0 aliphatic heterocycles. The van der Waals surface area contributed by atoms with E-state index < -0.39 is 0 Å². The van der Waals surface area contributed by atoms with E-state index in [0.717, 1.165) is 12.8 Å². The van der Waals surface area contributed by atoms with Crippen LogP contribution in [0.2, 0.25) is 0 Å². The number of hydrogen-bond donors (Lipinski definition) is 0. The van der Waals surface area contributed by atoms with E-state index in [0.29, 0.717) is 0 Å². The van der Waals surface area contributed by atoms with Crippen LogP contribution in [0.5, 0.6) is 0 Å². The molecule has 0 saturated heterocycles. The molecule has 2 aromatic carbocycles. The third-order valence-corrected chi connectivity index (χ3v) is 4.09. The fraction of sp³-hybridized carbons (Fsp3) is 0.158. The first-order chi connectivity index (χ1) is 9.31. The van der Waals surface area contributed by atoms with E-state index in [1.54, 1.807) is 0 Å². The molecule has 0 bridgehead atoms. The van der Waals surface area contributed by atoms with E-state index in [2.05, 4.69) is 61.5 Å². The van der Waals surface area contributed by atoms with Crippen molar-refractivity contribution in [2.45, 2.75) is 19.8 Å². The topological polar surface area (TPSA) is 0 Å². The molecule has 2 aliphatic rings. The second-order valence-corrected chi connectivity index (χ2v) is 5.42. The minimum absolute atomic E-state index is 0. The van der Waals surface area contributed by atoms with E-state index in [1.165, 1.54) is 39.0 Å². The van der Waals surface area contributed by atoms with Gasteiger partial charge in [0.1, 0.15) is 0 Å². The smallest absolute Gasteiger partial charge is 1.00 e. The predicted octanol–water partition coefficient (Wildman–Crippen LogP) is -1.20. The maximum atomic E-state index is 3.63. The molecule has 2 aromatic rings. The molecule has 0 spiro atoms. The van der Waals surface area contributed by atoms with Crippen molar-refractivity contribution in [2.24, 2.45) is 0 Å². The molecule has 0 amide bonds. The number of halogens is 2. The van der Waals surface area contributed by atoms with Crippen LogP contribution in [0.1, 0.15) is 30.0 Å². The summed E-state index contributed by atoms with van der Waals surface area (Å²) >= 11 is 0. The average Bonchev–Trinajstić information content (AvgIpc) is 3.01. The maximum absolute atomic E-state index is 3.63. The summed E-state index contributed by atoms with van der Waals surface area (Å²) in [4.78, 5) is 0. The molecular weight excluding hydrogens is 390 g/mol. The fourth-order valence-electron chi connectivity index (χ4n) is 3.10.